The summed E-state index contributed by atoms with van der Waals surface area (Å²) in [6.45, 7) is 0. The van der Waals surface area contributed by atoms with Crippen LogP contribution in [0.15, 0.2) is 46.9 Å². The first-order valence-electron chi connectivity index (χ1n) is 6.36. The summed E-state index contributed by atoms with van der Waals surface area (Å²) in [7, 11) is 1.54. The van der Waals surface area contributed by atoms with Crippen LogP contribution in [0.4, 0.5) is 4.39 Å². The molecule has 0 amide bonds. The molecule has 0 radical (unpaired) electrons. The summed E-state index contributed by atoms with van der Waals surface area (Å²) in [5, 5.41) is 1.34. The van der Waals surface area contributed by atoms with Crippen molar-refractivity contribution in [3.05, 3.63) is 64.6 Å². The first kappa shape index (κ1) is 13.9. The lowest BCUT2D eigenvalue weighted by Gasteiger charge is -2.08. The van der Waals surface area contributed by atoms with Gasteiger partial charge in [0.2, 0.25) is 0 Å². The zero-order valence-corrected chi connectivity index (χ0v) is 12.0. The molecule has 108 valence electrons. The van der Waals surface area contributed by atoms with E-state index in [9.17, 15) is 4.39 Å². The van der Waals surface area contributed by atoms with Crippen molar-refractivity contribution >= 4 is 22.6 Å². The second-order valence-corrected chi connectivity index (χ2v) is 5.14. The molecule has 1 heterocycles. The molecule has 3 rings (SSSR count). The van der Waals surface area contributed by atoms with Crippen LogP contribution in [0, 0.1) is 5.82 Å². The third-order valence-corrected chi connectivity index (χ3v) is 3.52. The Morgan fingerprint density at radius 1 is 1.24 bits per heavy atom. The van der Waals surface area contributed by atoms with Crippen molar-refractivity contribution in [2.45, 2.75) is 6.04 Å². The van der Waals surface area contributed by atoms with Crippen molar-refractivity contribution in [3.8, 4) is 5.75 Å². The molecule has 1 unspecified atom stereocenters. The zero-order valence-electron chi connectivity index (χ0n) is 11.3. The molecule has 0 aliphatic rings. The van der Waals surface area contributed by atoms with Crippen LogP contribution in [0.25, 0.3) is 11.0 Å². The van der Waals surface area contributed by atoms with E-state index in [0.717, 1.165) is 5.39 Å². The number of rotatable bonds is 3. The fraction of sp³-hybridized carbons (Fsp3) is 0.125. The summed E-state index contributed by atoms with van der Waals surface area (Å²) in [5.74, 6) is 0.728. The lowest BCUT2D eigenvalue weighted by atomic mass is 10.1. The molecule has 0 saturated heterocycles. The maximum atomic E-state index is 13.3. The molecular weight excluding hydrogens is 293 g/mol. The van der Waals surface area contributed by atoms with E-state index in [4.69, 9.17) is 26.5 Å². The molecule has 21 heavy (non-hydrogen) atoms. The van der Waals surface area contributed by atoms with Gasteiger partial charge in [-0.25, -0.2) is 4.39 Å². The largest absolute Gasteiger partial charge is 0.493 e. The lowest BCUT2D eigenvalue weighted by molar-refractivity contribution is 0.406. The molecule has 2 aromatic carbocycles. The second-order valence-electron chi connectivity index (χ2n) is 4.71. The van der Waals surface area contributed by atoms with Gasteiger partial charge in [-0.15, -0.1) is 0 Å². The molecule has 2 N–H and O–H groups in total. The number of nitrogens with two attached hydrogens (primary N) is 1. The van der Waals surface area contributed by atoms with Gasteiger partial charge in [0, 0.05) is 16.5 Å². The smallest absolute Gasteiger partial charge is 0.176 e. The summed E-state index contributed by atoms with van der Waals surface area (Å²) >= 11 is 6.03. The Balaban J connectivity index is 2.08. The maximum absolute atomic E-state index is 13.3. The minimum absolute atomic E-state index is 0.334. The molecule has 3 nitrogen and oxygen atoms in total. The maximum Gasteiger partial charge on any atom is 0.176 e. The third-order valence-electron chi connectivity index (χ3n) is 3.30. The van der Waals surface area contributed by atoms with E-state index in [0.29, 0.717) is 27.7 Å². The normalized spacial score (nSPS) is 12.6. The highest BCUT2D eigenvalue weighted by molar-refractivity contribution is 6.31. The van der Waals surface area contributed by atoms with E-state index in [1.807, 2.05) is 0 Å². The molecule has 5 heteroatoms. The van der Waals surface area contributed by atoms with Crippen LogP contribution in [0.3, 0.4) is 0 Å². The van der Waals surface area contributed by atoms with Crippen LogP contribution >= 0.6 is 11.6 Å². The summed E-state index contributed by atoms with van der Waals surface area (Å²) in [6, 6.07) is 10.8. The highest BCUT2D eigenvalue weighted by atomic mass is 35.5. The SMILES string of the molecule is COc1cc(Cl)cc2cc(C(N)c3cccc(F)c3)oc12. The molecular formula is C16H13ClFNO2. The summed E-state index contributed by atoms with van der Waals surface area (Å²) in [4.78, 5) is 0. The van der Waals surface area contributed by atoms with Gasteiger partial charge in [0.25, 0.3) is 0 Å². The van der Waals surface area contributed by atoms with E-state index < -0.39 is 6.04 Å². The van der Waals surface area contributed by atoms with E-state index in [-0.39, 0.29) is 5.82 Å². The number of hydrogen-bond acceptors (Lipinski definition) is 3. The van der Waals surface area contributed by atoms with Crippen molar-refractivity contribution in [1.29, 1.82) is 0 Å². The Labute approximate surface area is 126 Å². The molecule has 0 saturated carbocycles. The Kier molecular flexibility index (Phi) is 3.57. The molecule has 0 aliphatic heterocycles. The van der Waals surface area contributed by atoms with Gasteiger partial charge in [0.05, 0.1) is 13.2 Å². The monoisotopic (exact) mass is 305 g/mol. The number of furan rings is 1. The quantitative estimate of drug-likeness (QED) is 0.785. The summed E-state index contributed by atoms with van der Waals surface area (Å²) < 4.78 is 24.3. The van der Waals surface area contributed by atoms with Crippen LogP contribution in [0.1, 0.15) is 17.4 Å². The predicted octanol–water partition coefficient (Wildman–Crippen LogP) is 4.28. The van der Waals surface area contributed by atoms with Crippen LogP contribution in [0.5, 0.6) is 5.75 Å². The summed E-state index contributed by atoms with van der Waals surface area (Å²) in [6.07, 6.45) is 0. The highest BCUT2D eigenvalue weighted by Crippen LogP contribution is 2.35. The number of fused-ring (bicyclic) bond motifs is 1. The van der Waals surface area contributed by atoms with Crippen molar-refractivity contribution in [3.63, 3.8) is 0 Å². The second kappa shape index (κ2) is 5.39. The predicted molar refractivity (Wildman–Crippen MR) is 80.2 cm³/mol. The minimum atomic E-state index is -0.559. The van der Waals surface area contributed by atoms with E-state index in [2.05, 4.69) is 0 Å². The first-order valence-corrected chi connectivity index (χ1v) is 6.74. The van der Waals surface area contributed by atoms with E-state index in [1.54, 1.807) is 37.4 Å². The van der Waals surface area contributed by atoms with Crippen molar-refractivity contribution in [2.75, 3.05) is 7.11 Å². The number of halogens is 2. The van der Waals surface area contributed by atoms with Crippen LogP contribution < -0.4 is 10.5 Å². The topological polar surface area (TPSA) is 48.4 Å². The van der Waals surface area contributed by atoms with Crippen LogP contribution in [0.2, 0.25) is 5.02 Å². The van der Waals surface area contributed by atoms with Crippen molar-refractivity contribution in [1.82, 2.24) is 0 Å². The van der Waals surface area contributed by atoms with Gasteiger partial charge in [-0.2, -0.15) is 0 Å². The van der Waals surface area contributed by atoms with Crippen molar-refractivity contribution < 1.29 is 13.5 Å². The van der Waals surface area contributed by atoms with E-state index >= 15 is 0 Å². The molecule has 0 fully saturated rings. The molecule has 0 bridgehead atoms. The van der Waals surface area contributed by atoms with Gasteiger partial charge in [-0.05, 0) is 29.8 Å². The number of methoxy groups -OCH3 is 1. The van der Waals surface area contributed by atoms with Gasteiger partial charge in [0.15, 0.2) is 11.3 Å². The standard InChI is InChI=1S/C16H13ClFNO2/c1-20-14-8-11(17)5-10-7-13(21-16(10)14)15(19)9-3-2-4-12(18)6-9/h2-8,15H,19H2,1H3. The molecule has 0 spiro atoms. The number of ether oxygens (including phenoxy) is 1. The fourth-order valence-corrected chi connectivity index (χ4v) is 2.49. The average molecular weight is 306 g/mol. The number of benzene rings is 2. The van der Waals surface area contributed by atoms with Gasteiger partial charge in [0.1, 0.15) is 11.6 Å². The lowest BCUT2D eigenvalue weighted by Crippen LogP contribution is -2.10. The Morgan fingerprint density at radius 2 is 2.05 bits per heavy atom. The Hall–Kier alpha value is -2.04. The van der Waals surface area contributed by atoms with Crippen LogP contribution in [-0.4, -0.2) is 7.11 Å². The highest BCUT2D eigenvalue weighted by Gasteiger charge is 2.17. The van der Waals surface area contributed by atoms with Gasteiger partial charge < -0.3 is 14.9 Å². The first-order chi connectivity index (χ1) is 10.1. The minimum Gasteiger partial charge on any atom is -0.493 e. The Bertz CT molecular complexity index is 800. The van der Waals surface area contributed by atoms with E-state index in [1.165, 1.54) is 12.1 Å². The number of hydrogen-bond donors (Lipinski definition) is 1. The van der Waals surface area contributed by atoms with Gasteiger partial charge in [-0.3, -0.25) is 0 Å². The molecule has 1 aromatic heterocycles. The van der Waals surface area contributed by atoms with Gasteiger partial charge >= 0.3 is 0 Å². The average Bonchev–Trinajstić information content (AvgIpc) is 2.89. The zero-order chi connectivity index (χ0) is 15.0. The fourth-order valence-electron chi connectivity index (χ4n) is 2.28. The van der Waals surface area contributed by atoms with Crippen LogP contribution in [-0.2, 0) is 0 Å². The Morgan fingerprint density at radius 3 is 2.76 bits per heavy atom. The van der Waals surface area contributed by atoms with Gasteiger partial charge in [-0.1, -0.05) is 23.7 Å². The summed E-state index contributed by atoms with van der Waals surface area (Å²) in [5.41, 5.74) is 7.36. The molecule has 3 aromatic rings. The molecule has 1 atom stereocenters. The molecule has 0 aliphatic carbocycles. The third kappa shape index (κ3) is 2.60. The van der Waals surface area contributed by atoms with Crippen molar-refractivity contribution in [2.24, 2.45) is 5.73 Å².